The third-order valence-corrected chi connectivity index (χ3v) is 2.77. The Balaban J connectivity index is 2.37. The Labute approximate surface area is 78.9 Å². The van der Waals surface area contributed by atoms with E-state index in [1.54, 1.807) is 6.20 Å². The second-order valence-electron chi connectivity index (χ2n) is 4.61. The van der Waals surface area contributed by atoms with Gasteiger partial charge in [-0.3, -0.25) is 4.98 Å². The number of epoxide rings is 1. The fourth-order valence-corrected chi connectivity index (χ4v) is 1.71. The van der Waals surface area contributed by atoms with Crippen LogP contribution in [-0.2, 0) is 10.3 Å². The molecule has 1 fully saturated rings. The van der Waals surface area contributed by atoms with Crippen LogP contribution >= 0.6 is 0 Å². The lowest BCUT2D eigenvalue weighted by atomic mass is 9.77. The predicted octanol–water partition coefficient (Wildman–Crippen LogP) is 2.35. The molecule has 13 heavy (non-hydrogen) atoms. The third kappa shape index (κ3) is 1.25. The van der Waals surface area contributed by atoms with Crippen molar-refractivity contribution in [1.82, 2.24) is 4.98 Å². The van der Waals surface area contributed by atoms with Crippen LogP contribution in [0.1, 0.15) is 26.3 Å². The van der Waals surface area contributed by atoms with Gasteiger partial charge >= 0.3 is 0 Å². The van der Waals surface area contributed by atoms with E-state index in [1.165, 1.54) is 5.56 Å². The Bertz CT molecular complexity index is 296. The number of hydrogen-bond acceptors (Lipinski definition) is 2. The van der Waals surface area contributed by atoms with Crippen molar-refractivity contribution in [3.8, 4) is 0 Å². The Morgan fingerprint density at radius 3 is 2.54 bits per heavy atom. The molecule has 0 radical (unpaired) electrons. The smallest absolute Gasteiger partial charge is 0.123 e. The summed E-state index contributed by atoms with van der Waals surface area (Å²) >= 11 is 0. The van der Waals surface area contributed by atoms with Crippen LogP contribution in [0.15, 0.2) is 24.5 Å². The van der Waals surface area contributed by atoms with E-state index < -0.39 is 0 Å². The molecule has 1 aliphatic rings. The van der Waals surface area contributed by atoms with Crippen molar-refractivity contribution < 1.29 is 4.74 Å². The van der Waals surface area contributed by atoms with Gasteiger partial charge in [-0.05, 0) is 11.5 Å². The Kier molecular flexibility index (Phi) is 1.70. The lowest BCUT2D eigenvalue weighted by molar-refractivity contribution is 0.155. The highest BCUT2D eigenvalue weighted by molar-refractivity contribution is 5.26. The van der Waals surface area contributed by atoms with Crippen LogP contribution in [0.3, 0.4) is 0 Å². The molecule has 0 bridgehead atoms. The van der Waals surface area contributed by atoms with Crippen molar-refractivity contribution in [2.45, 2.75) is 26.4 Å². The van der Waals surface area contributed by atoms with Gasteiger partial charge < -0.3 is 4.74 Å². The van der Waals surface area contributed by atoms with Gasteiger partial charge in [-0.25, -0.2) is 0 Å². The first kappa shape index (κ1) is 8.70. The molecule has 0 spiro atoms. The minimum atomic E-state index is -0.0821. The molecule has 70 valence electrons. The maximum absolute atomic E-state index is 5.61. The van der Waals surface area contributed by atoms with Gasteiger partial charge in [0, 0.05) is 18.0 Å². The highest BCUT2D eigenvalue weighted by Crippen LogP contribution is 2.51. The van der Waals surface area contributed by atoms with Gasteiger partial charge in [0.15, 0.2) is 0 Å². The first-order valence-corrected chi connectivity index (χ1v) is 4.61. The van der Waals surface area contributed by atoms with Crippen LogP contribution in [0.2, 0.25) is 0 Å². The lowest BCUT2D eigenvalue weighted by Crippen LogP contribution is -2.27. The van der Waals surface area contributed by atoms with E-state index in [4.69, 9.17) is 4.74 Å². The van der Waals surface area contributed by atoms with E-state index in [-0.39, 0.29) is 11.0 Å². The zero-order valence-corrected chi connectivity index (χ0v) is 8.37. The van der Waals surface area contributed by atoms with E-state index in [9.17, 15) is 0 Å². The van der Waals surface area contributed by atoms with Gasteiger partial charge in [0.25, 0.3) is 0 Å². The van der Waals surface area contributed by atoms with Crippen LogP contribution < -0.4 is 0 Å². The quantitative estimate of drug-likeness (QED) is 0.615. The minimum absolute atomic E-state index is 0.0821. The molecule has 1 aliphatic heterocycles. The summed E-state index contributed by atoms with van der Waals surface area (Å²) in [5.41, 5.74) is 1.26. The van der Waals surface area contributed by atoms with Crippen LogP contribution in [-0.4, -0.2) is 11.6 Å². The largest absolute Gasteiger partial charge is 0.364 e. The molecule has 1 aromatic rings. The summed E-state index contributed by atoms with van der Waals surface area (Å²) in [5, 5.41) is 0. The molecule has 0 aromatic carbocycles. The van der Waals surface area contributed by atoms with Crippen LogP contribution in [0.25, 0.3) is 0 Å². The van der Waals surface area contributed by atoms with Crippen molar-refractivity contribution in [1.29, 1.82) is 0 Å². The van der Waals surface area contributed by atoms with Crippen molar-refractivity contribution in [3.63, 3.8) is 0 Å². The fraction of sp³-hybridized carbons (Fsp3) is 0.545. The average Bonchev–Trinajstić information content (AvgIpc) is 2.84. The molecule has 0 saturated carbocycles. The molecule has 2 heteroatoms. The van der Waals surface area contributed by atoms with Crippen molar-refractivity contribution >= 4 is 0 Å². The van der Waals surface area contributed by atoms with Crippen molar-refractivity contribution in [2.75, 3.05) is 6.61 Å². The van der Waals surface area contributed by atoms with Crippen LogP contribution in [0.5, 0.6) is 0 Å². The number of pyridine rings is 1. The third-order valence-electron chi connectivity index (χ3n) is 2.77. The molecule has 0 aliphatic carbocycles. The molecular weight excluding hydrogens is 162 g/mol. The number of rotatable bonds is 1. The molecule has 1 saturated heterocycles. The monoisotopic (exact) mass is 177 g/mol. The zero-order valence-electron chi connectivity index (χ0n) is 8.37. The maximum atomic E-state index is 5.61. The van der Waals surface area contributed by atoms with E-state index in [2.05, 4.69) is 31.8 Å². The lowest BCUT2D eigenvalue weighted by Gasteiger charge is -2.27. The number of ether oxygens (including phenoxy) is 1. The number of nitrogens with zero attached hydrogens (tertiary/aromatic N) is 1. The summed E-state index contributed by atoms with van der Waals surface area (Å²) in [6.45, 7) is 7.43. The van der Waals surface area contributed by atoms with Crippen LogP contribution in [0.4, 0.5) is 0 Å². The number of hydrogen-bond donors (Lipinski definition) is 0. The normalized spacial score (nSPS) is 27.3. The molecule has 1 atom stereocenters. The molecule has 2 rings (SSSR count). The molecule has 0 amide bonds. The first-order chi connectivity index (χ1) is 6.06. The summed E-state index contributed by atoms with van der Waals surface area (Å²) in [6.07, 6.45) is 3.69. The highest BCUT2D eigenvalue weighted by atomic mass is 16.6. The Morgan fingerprint density at radius 1 is 1.46 bits per heavy atom. The minimum Gasteiger partial charge on any atom is -0.364 e. The predicted molar refractivity (Wildman–Crippen MR) is 51.3 cm³/mol. The van der Waals surface area contributed by atoms with Crippen LogP contribution in [0, 0.1) is 5.41 Å². The summed E-state index contributed by atoms with van der Waals surface area (Å²) in [7, 11) is 0. The first-order valence-electron chi connectivity index (χ1n) is 4.61. The van der Waals surface area contributed by atoms with Gasteiger partial charge in [0.2, 0.25) is 0 Å². The Morgan fingerprint density at radius 2 is 2.15 bits per heavy atom. The Hall–Kier alpha value is -0.890. The topological polar surface area (TPSA) is 25.4 Å². The molecule has 2 heterocycles. The van der Waals surface area contributed by atoms with E-state index >= 15 is 0 Å². The van der Waals surface area contributed by atoms with Gasteiger partial charge in [-0.2, -0.15) is 0 Å². The second kappa shape index (κ2) is 2.55. The van der Waals surface area contributed by atoms with Crippen molar-refractivity contribution in [3.05, 3.63) is 30.1 Å². The van der Waals surface area contributed by atoms with E-state index in [0.29, 0.717) is 0 Å². The molecule has 1 aromatic heterocycles. The molecular formula is C11H15NO. The zero-order chi connectivity index (χ0) is 9.53. The van der Waals surface area contributed by atoms with Gasteiger partial charge in [-0.15, -0.1) is 0 Å². The van der Waals surface area contributed by atoms with Gasteiger partial charge in [0.1, 0.15) is 5.60 Å². The summed E-state index contributed by atoms with van der Waals surface area (Å²) in [4.78, 5) is 4.12. The van der Waals surface area contributed by atoms with Gasteiger partial charge in [0.05, 0.1) is 6.61 Å². The van der Waals surface area contributed by atoms with Crippen molar-refractivity contribution in [2.24, 2.45) is 5.41 Å². The highest BCUT2D eigenvalue weighted by Gasteiger charge is 2.55. The average molecular weight is 177 g/mol. The summed E-state index contributed by atoms with van der Waals surface area (Å²) < 4.78 is 5.61. The number of aromatic nitrogens is 1. The van der Waals surface area contributed by atoms with E-state index in [1.807, 2.05) is 12.3 Å². The summed E-state index contributed by atoms with van der Waals surface area (Å²) in [6, 6.07) is 4.05. The second-order valence-corrected chi connectivity index (χ2v) is 4.61. The maximum Gasteiger partial charge on any atom is 0.123 e. The van der Waals surface area contributed by atoms with E-state index in [0.717, 1.165) is 6.61 Å². The molecule has 1 unspecified atom stereocenters. The molecule has 0 N–H and O–H groups in total. The fourth-order valence-electron chi connectivity index (χ4n) is 1.71. The summed E-state index contributed by atoms with van der Waals surface area (Å²) in [5.74, 6) is 0. The SMILES string of the molecule is CC(C)(C)C1(c2cccnc2)CO1. The molecule has 2 nitrogen and oxygen atoms in total. The van der Waals surface area contributed by atoms with Gasteiger partial charge in [-0.1, -0.05) is 26.8 Å². The standard InChI is InChI=1S/C11H15NO/c1-10(2,3)11(8-13-11)9-5-4-6-12-7-9/h4-7H,8H2,1-3H3.